The van der Waals surface area contributed by atoms with Gasteiger partial charge in [-0.15, -0.1) is 0 Å². The van der Waals surface area contributed by atoms with Crippen LogP contribution in [-0.4, -0.2) is 41.9 Å². The highest BCUT2D eigenvalue weighted by molar-refractivity contribution is 4.93. The van der Waals surface area contributed by atoms with E-state index >= 15 is 0 Å². The molecule has 0 aliphatic carbocycles. The van der Waals surface area contributed by atoms with Crippen LogP contribution in [0.1, 0.15) is 52.9 Å². The third-order valence-electron chi connectivity index (χ3n) is 4.46. The molecule has 0 amide bonds. The number of rotatable bonds is 4. The maximum atomic E-state index is 13.2. The Balaban J connectivity index is 1.97. The van der Waals surface area contributed by atoms with E-state index < -0.39 is 17.7 Å². The van der Waals surface area contributed by atoms with Crippen LogP contribution in [0.15, 0.2) is 0 Å². The van der Waals surface area contributed by atoms with Gasteiger partial charge in [0.1, 0.15) is 0 Å². The number of ether oxygens (including phenoxy) is 1. The van der Waals surface area contributed by atoms with E-state index in [1.54, 1.807) is 20.8 Å². The van der Waals surface area contributed by atoms with Crippen LogP contribution in [0.5, 0.6) is 0 Å². The molecule has 0 radical (unpaired) electrons. The molecule has 0 spiro atoms. The summed E-state index contributed by atoms with van der Waals surface area (Å²) in [7, 11) is 0. The maximum Gasteiger partial charge on any atom is 0.395 e. The summed E-state index contributed by atoms with van der Waals surface area (Å²) in [4.78, 5) is 2.10. The predicted octanol–water partition coefficient (Wildman–Crippen LogP) is 4.00. The van der Waals surface area contributed by atoms with Crippen molar-refractivity contribution in [1.82, 2.24) is 4.90 Å². The van der Waals surface area contributed by atoms with Gasteiger partial charge in [0.05, 0.1) is 18.1 Å². The Morgan fingerprint density at radius 3 is 2.05 bits per heavy atom. The minimum Gasteiger partial charge on any atom is -0.375 e. The van der Waals surface area contributed by atoms with Crippen LogP contribution < -0.4 is 0 Å². The summed E-state index contributed by atoms with van der Waals surface area (Å²) in [6.07, 6.45) is 1.23. The monoisotopic (exact) mass is 293 g/mol. The van der Waals surface area contributed by atoms with Crippen molar-refractivity contribution in [3.8, 4) is 0 Å². The number of alkyl halides is 3. The Morgan fingerprint density at radius 1 is 1.05 bits per heavy atom. The van der Waals surface area contributed by atoms with Crippen LogP contribution in [0.4, 0.5) is 13.2 Å². The normalized spacial score (nSPS) is 29.7. The summed E-state index contributed by atoms with van der Waals surface area (Å²) >= 11 is 0. The van der Waals surface area contributed by atoms with Gasteiger partial charge in [-0.2, -0.15) is 13.2 Å². The molecule has 2 nitrogen and oxygen atoms in total. The molecular weight excluding hydrogens is 267 g/mol. The summed E-state index contributed by atoms with van der Waals surface area (Å²) in [6.45, 7) is 5.26. The zero-order chi connectivity index (χ0) is 15.0. The van der Waals surface area contributed by atoms with Gasteiger partial charge in [0, 0.05) is 18.6 Å². The van der Waals surface area contributed by atoms with Crippen LogP contribution in [0.2, 0.25) is 0 Å². The lowest BCUT2D eigenvalue weighted by Gasteiger charge is -2.38. The molecule has 3 atom stereocenters. The zero-order valence-corrected chi connectivity index (χ0v) is 12.7. The highest BCUT2D eigenvalue weighted by Crippen LogP contribution is 2.38. The highest BCUT2D eigenvalue weighted by Gasteiger charge is 2.45. The Labute approximate surface area is 119 Å². The molecule has 2 fully saturated rings. The number of hydrogen-bond donors (Lipinski definition) is 0. The molecule has 2 saturated heterocycles. The van der Waals surface area contributed by atoms with Crippen molar-refractivity contribution in [3.05, 3.63) is 0 Å². The van der Waals surface area contributed by atoms with Crippen LogP contribution in [0.3, 0.4) is 0 Å². The van der Waals surface area contributed by atoms with Crippen LogP contribution >= 0.6 is 0 Å². The Kier molecular flexibility index (Phi) is 4.69. The first kappa shape index (κ1) is 16.1. The molecule has 2 rings (SSSR count). The van der Waals surface area contributed by atoms with Crippen molar-refractivity contribution < 1.29 is 17.9 Å². The second-order valence-corrected chi connectivity index (χ2v) is 7.17. The molecule has 118 valence electrons. The molecule has 0 aromatic heterocycles. The van der Waals surface area contributed by atoms with E-state index in [0.717, 1.165) is 25.7 Å². The van der Waals surface area contributed by atoms with Gasteiger partial charge in [0.2, 0.25) is 0 Å². The second-order valence-electron chi connectivity index (χ2n) is 7.17. The van der Waals surface area contributed by atoms with Crippen LogP contribution in [-0.2, 0) is 4.74 Å². The summed E-state index contributed by atoms with van der Waals surface area (Å²) in [5, 5.41) is 0. The lowest BCUT2D eigenvalue weighted by molar-refractivity contribution is -0.203. The van der Waals surface area contributed by atoms with Gasteiger partial charge in [-0.05, 0) is 46.5 Å². The maximum absolute atomic E-state index is 13.2. The Morgan fingerprint density at radius 2 is 1.60 bits per heavy atom. The average molecular weight is 293 g/mol. The summed E-state index contributed by atoms with van der Waals surface area (Å²) in [5.74, 6) is -1.37. The summed E-state index contributed by atoms with van der Waals surface area (Å²) < 4.78 is 45.1. The summed E-state index contributed by atoms with van der Waals surface area (Å²) in [5.41, 5.74) is -0.523. The number of nitrogens with zero attached hydrogens (tertiary/aromatic N) is 1. The van der Waals surface area contributed by atoms with Crippen molar-refractivity contribution in [2.75, 3.05) is 13.2 Å². The lowest BCUT2D eigenvalue weighted by atomic mass is 10.00. The minimum absolute atomic E-state index is 0.106. The summed E-state index contributed by atoms with van der Waals surface area (Å²) in [6, 6.07) is 0.737. The minimum atomic E-state index is -4.18. The van der Waals surface area contributed by atoms with Crippen LogP contribution in [0, 0.1) is 5.92 Å². The third kappa shape index (κ3) is 4.10. The van der Waals surface area contributed by atoms with Gasteiger partial charge < -0.3 is 4.74 Å². The molecular formula is C15H26F3NO. The lowest BCUT2D eigenvalue weighted by Crippen LogP contribution is -2.47. The van der Waals surface area contributed by atoms with E-state index in [1.807, 2.05) is 0 Å². The molecule has 2 heterocycles. The van der Waals surface area contributed by atoms with Gasteiger partial charge in [-0.25, -0.2) is 0 Å². The molecule has 0 aromatic rings. The molecule has 2 aliphatic rings. The van der Waals surface area contributed by atoms with Gasteiger partial charge in [-0.1, -0.05) is 6.42 Å². The zero-order valence-electron chi connectivity index (χ0n) is 12.7. The van der Waals surface area contributed by atoms with Gasteiger partial charge >= 0.3 is 6.18 Å². The second kappa shape index (κ2) is 5.84. The fraction of sp³-hybridized carbons (Fsp3) is 1.00. The highest BCUT2D eigenvalue weighted by atomic mass is 19.4. The van der Waals surface area contributed by atoms with Crippen molar-refractivity contribution in [3.63, 3.8) is 0 Å². The SMILES string of the molecule is CC(C)(C)OC[C@H](CN1C2CCCC1CC2)C(F)(F)F. The molecule has 0 N–H and O–H groups in total. The van der Waals surface area contributed by atoms with Crippen molar-refractivity contribution in [2.45, 2.75) is 76.7 Å². The fourth-order valence-corrected chi connectivity index (χ4v) is 3.38. The Bertz CT molecular complexity index is 308. The topological polar surface area (TPSA) is 12.5 Å². The first-order valence-electron chi connectivity index (χ1n) is 7.63. The number of fused-ring (bicyclic) bond motifs is 2. The third-order valence-corrected chi connectivity index (χ3v) is 4.46. The predicted molar refractivity (Wildman–Crippen MR) is 72.6 cm³/mol. The van der Waals surface area contributed by atoms with E-state index in [2.05, 4.69) is 4.90 Å². The number of halogens is 3. The number of piperidine rings is 1. The standard InChI is InChI=1S/C15H26F3NO/c1-14(2,3)20-10-11(15(16,17)18)9-19-12-5-4-6-13(19)8-7-12/h11-13H,4-10H2,1-3H3/t11-,12?,13?/m0/s1. The molecule has 20 heavy (non-hydrogen) atoms. The fourth-order valence-electron chi connectivity index (χ4n) is 3.38. The first-order valence-corrected chi connectivity index (χ1v) is 7.63. The van der Waals surface area contributed by atoms with Crippen molar-refractivity contribution in [2.24, 2.45) is 5.92 Å². The molecule has 2 bridgehead atoms. The molecule has 2 aliphatic heterocycles. The van der Waals surface area contributed by atoms with Gasteiger partial charge in [0.25, 0.3) is 0 Å². The van der Waals surface area contributed by atoms with Gasteiger partial charge in [0.15, 0.2) is 0 Å². The smallest absolute Gasteiger partial charge is 0.375 e. The molecule has 0 aromatic carbocycles. The quantitative estimate of drug-likeness (QED) is 0.777. The Hall–Kier alpha value is -0.290. The van der Waals surface area contributed by atoms with Gasteiger partial charge in [-0.3, -0.25) is 4.90 Å². The molecule has 5 heteroatoms. The van der Waals surface area contributed by atoms with E-state index in [0.29, 0.717) is 12.1 Å². The van der Waals surface area contributed by atoms with E-state index in [1.165, 1.54) is 6.42 Å². The number of hydrogen-bond acceptors (Lipinski definition) is 2. The molecule has 2 unspecified atom stereocenters. The molecule has 0 saturated carbocycles. The van der Waals surface area contributed by atoms with E-state index in [-0.39, 0.29) is 13.2 Å². The van der Waals surface area contributed by atoms with Crippen molar-refractivity contribution >= 4 is 0 Å². The van der Waals surface area contributed by atoms with Crippen molar-refractivity contribution in [1.29, 1.82) is 0 Å². The largest absolute Gasteiger partial charge is 0.395 e. The average Bonchev–Trinajstić information content (AvgIpc) is 2.52. The van der Waals surface area contributed by atoms with E-state index in [4.69, 9.17) is 4.74 Å². The van der Waals surface area contributed by atoms with Crippen LogP contribution in [0.25, 0.3) is 0 Å². The van der Waals surface area contributed by atoms with E-state index in [9.17, 15) is 13.2 Å². The first-order chi connectivity index (χ1) is 9.17.